The van der Waals surface area contributed by atoms with Crippen LogP contribution in [-0.2, 0) is 25.7 Å². The highest BCUT2D eigenvalue weighted by atomic mass is 16.5. The van der Waals surface area contributed by atoms with E-state index in [1.807, 2.05) is 0 Å². The summed E-state index contributed by atoms with van der Waals surface area (Å²) in [6.45, 7) is -0.285. The third-order valence-electron chi connectivity index (χ3n) is 2.71. The zero-order chi connectivity index (χ0) is 16.0. The van der Waals surface area contributed by atoms with Crippen LogP contribution in [0.4, 0.5) is 0 Å². The molecule has 1 aromatic rings. The molecule has 2 unspecified atom stereocenters. The zero-order valence-electron chi connectivity index (χ0n) is 10.8. The summed E-state index contributed by atoms with van der Waals surface area (Å²) in [5.41, 5.74) is -2.52. The molecule has 8 heteroatoms. The lowest BCUT2D eigenvalue weighted by Gasteiger charge is -2.28. The summed E-state index contributed by atoms with van der Waals surface area (Å²) in [6.07, 6.45) is -3.51. The van der Waals surface area contributed by atoms with Crippen LogP contribution < -0.4 is 0 Å². The molecule has 0 aromatic heterocycles. The molecular formula is C13H14O8. The minimum Gasteiger partial charge on any atom is -0.481 e. The first-order valence-electron chi connectivity index (χ1n) is 5.83. The molecule has 0 radical (unpaired) electrons. The average molecular weight is 298 g/mol. The lowest BCUT2D eigenvalue weighted by molar-refractivity contribution is -0.195. The summed E-state index contributed by atoms with van der Waals surface area (Å²) in [5.74, 6) is -5.41. The molecule has 0 amide bonds. The summed E-state index contributed by atoms with van der Waals surface area (Å²) < 4.78 is 4.92. The number of carboxylic acids is 3. The van der Waals surface area contributed by atoms with Gasteiger partial charge in [0.1, 0.15) is 0 Å². The van der Waals surface area contributed by atoms with Crippen LogP contribution in [0, 0.1) is 0 Å². The Morgan fingerprint density at radius 3 is 2.10 bits per heavy atom. The lowest BCUT2D eigenvalue weighted by Crippen LogP contribution is -2.55. The Kier molecular flexibility index (Phi) is 5.39. The molecule has 0 saturated heterocycles. The van der Waals surface area contributed by atoms with E-state index < -0.39 is 36.0 Å². The maximum atomic E-state index is 11.1. The third-order valence-corrected chi connectivity index (χ3v) is 2.71. The zero-order valence-corrected chi connectivity index (χ0v) is 10.8. The van der Waals surface area contributed by atoms with Crippen LogP contribution in [0.1, 0.15) is 12.0 Å². The SMILES string of the molecule is O=C(O)CC(O)(C(=O)O)C(OCc1ccccc1)C(=O)O. The van der Waals surface area contributed by atoms with Crippen molar-refractivity contribution in [2.75, 3.05) is 0 Å². The van der Waals surface area contributed by atoms with Gasteiger partial charge in [-0.3, -0.25) is 4.79 Å². The second kappa shape index (κ2) is 6.82. The van der Waals surface area contributed by atoms with Gasteiger partial charge in [0, 0.05) is 0 Å². The second-order valence-electron chi connectivity index (χ2n) is 4.31. The van der Waals surface area contributed by atoms with Crippen LogP contribution in [0.3, 0.4) is 0 Å². The Hall–Kier alpha value is -2.45. The quantitative estimate of drug-likeness (QED) is 0.523. The molecule has 0 saturated carbocycles. The number of hydrogen-bond acceptors (Lipinski definition) is 5. The van der Waals surface area contributed by atoms with E-state index >= 15 is 0 Å². The van der Waals surface area contributed by atoms with Crippen molar-refractivity contribution in [1.29, 1.82) is 0 Å². The Balaban J connectivity index is 2.95. The second-order valence-corrected chi connectivity index (χ2v) is 4.31. The van der Waals surface area contributed by atoms with E-state index in [1.54, 1.807) is 30.3 Å². The van der Waals surface area contributed by atoms with Crippen molar-refractivity contribution < 1.29 is 39.5 Å². The van der Waals surface area contributed by atoms with Gasteiger partial charge in [0.25, 0.3) is 0 Å². The summed E-state index contributed by atoms with van der Waals surface area (Å²) in [7, 11) is 0. The number of ether oxygens (including phenoxy) is 1. The average Bonchev–Trinajstić information content (AvgIpc) is 2.38. The van der Waals surface area contributed by atoms with Gasteiger partial charge in [0.2, 0.25) is 5.60 Å². The Morgan fingerprint density at radius 2 is 1.67 bits per heavy atom. The van der Waals surface area contributed by atoms with Crippen LogP contribution in [0.5, 0.6) is 0 Å². The molecule has 114 valence electrons. The van der Waals surface area contributed by atoms with E-state index in [4.69, 9.17) is 20.1 Å². The molecular weight excluding hydrogens is 284 g/mol. The van der Waals surface area contributed by atoms with Gasteiger partial charge in [-0.25, -0.2) is 9.59 Å². The predicted molar refractivity (Wildman–Crippen MR) is 67.5 cm³/mol. The van der Waals surface area contributed by atoms with Gasteiger partial charge in [-0.05, 0) is 5.56 Å². The molecule has 0 heterocycles. The van der Waals surface area contributed by atoms with E-state index in [9.17, 15) is 19.5 Å². The van der Waals surface area contributed by atoms with Gasteiger partial charge < -0.3 is 25.2 Å². The topological polar surface area (TPSA) is 141 Å². The lowest BCUT2D eigenvalue weighted by atomic mass is 9.92. The summed E-state index contributed by atoms with van der Waals surface area (Å²) in [4.78, 5) is 32.8. The first-order valence-corrected chi connectivity index (χ1v) is 5.83. The van der Waals surface area contributed by atoms with Crippen molar-refractivity contribution in [3.05, 3.63) is 35.9 Å². The first kappa shape index (κ1) is 16.6. The van der Waals surface area contributed by atoms with Gasteiger partial charge in [-0.15, -0.1) is 0 Å². The Morgan fingerprint density at radius 1 is 1.10 bits per heavy atom. The van der Waals surface area contributed by atoms with Crippen molar-refractivity contribution in [1.82, 2.24) is 0 Å². The van der Waals surface area contributed by atoms with Crippen LogP contribution in [-0.4, -0.2) is 50.0 Å². The van der Waals surface area contributed by atoms with Crippen LogP contribution in [0.15, 0.2) is 30.3 Å². The molecule has 0 bridgehead atoms. The maximum Gasteiger partial charge on any atom is 0.339 e. The smallest absolute Gasteiger partial charge is 0.339 e. The standard InChI is InChI=1S/C13H14O8/c14-9(15)6-13(20,12(18)19)10(11(16)17)21-7-8-4-2-1-3-5-8/h1-5,10,20H,6-7H2,(H,14,15)(H,16,17)(H,18,19). The first-order chi connectivity index (χ1) is 9.77. The number of benzene rings is 1. The molecule has 0 aliphatic heterocycles. The Bertz CT molecular complexity index is 526. The van der Waals surface area contributed by atoms with Crippen molar-refractivity contribution in [2.45, 2.75) is 24.7 Å². The minimum atomic E-state index is -3.06. The fraction of sp³-hybridized carbons (Fsp3) is 0.308. The molecule has 0 aliphatic carbocycles. The maximum absolute atomic E-state index is 11.1. The third kappa shape index (κ3) is 4.26. The van der Waals surface area contributed by atoms with E-state index in [2.05, 4.69) is 0 Å². The number of hydrogen-bond donors (Lipinski definition) is 4. The van der Waals surface area contributed by atoms with Crippen LogP contribution >= 0.6 is 0 Å². The van der Waals surface area contributed by atoms with Gasteiger partial charge in [0.05, 0.1) is 13.0 Å². The van der Waals surface area contributed by atoms with Gasteiger partial charge in [0.15, 0.2) is 6.10 Å². The molecule has 21 heavy (non-hydrogen) atoms. The molecule has 8 nitrogen and oxygen atoms in total. The largest absolute Gasteiger partial charge is 0.481 e. The van der Waals surface area contributed by atoms with Crippen LogP contribution in [0.25, 0.3) is 0 Å². The fourth-order valence-corrected chi connectivity index (χ4v) is 1.68. The number of carboxylic acid groups (broad SMARTS) is 3. The molecule has 1 aromatic carbocycles. The van der Waals surface area contributed by atoms with Gasteiger partial charge in [-0.2, -0.15) is 0 Å². The van der Waals surface area contributed by atoms with Crippen LogP contribution in [0.2, 0.25) is 0 Å². The highest BCUT2D eigenvalue weighted by molar-refractivity contribution is 5.91. The predicted octanol–water partition coefficient (Wildman–Crippen LogP) is -0.0532. The molecule has 4 N–H and O–H groups in total. The van der Waals surface area contributed by atoms with Crippen molar-refractivity contribution >= 4 is 17.9 Å². The van der Waals surface area contributed by atoms with E-state index in [-0.39, 0.29) is 6.61 Å². The van der Waals surface area contributed by atoms with Crippen molar-refractivity contribution in [2.24, 2.45) is 0 Å². The van der Waals surface area contributed by atoms with Crippen molar-refractivity contribution in [3.8, 4) is 0 Å². The normalized spacial score (nSPS) is 14.9. The van der Waals surface area contributed by atoms with Gasteiger partial charge >= 0.3 is 17.9 Å². The molecule has 0 aliphatic rings. The number of rotatable bonds is 8. The minimum absolute atomic E-state index is 0.285. The number of carbonyl (C=O) groups is 3. The van der Waals surface area contributed by atoms with E-state index in [0.717, 1.165) is 0 Å². The highest BCUT2D eigenvalue weighted by Crippen LogP contribution is 2.21. The summed E-state index contributed by atoms with van der Waals surface area (Å²) in [5, 5.41) is 36.5. The molecule has 0 spiro atoms. The van der Waals surface area contributed by atoms with Gasteiger partial charge in [-0.1, -0.05) is 30.3 Å². The van der Waals surface area contributed by atoms with Crippen molar-refractivity contribution in [3.63, 3.8) is 0 Å². The highest BCUT2D eigenvalue weighted by Gasteiger charge is 2.51. The fourth-order valence-electron chi connectivity index (χ4n) is 1.68. The number of aliphatic hydroxyl groups is 1. The molecule has 2 atom stereocenters. The summed E-state index contributed by atoms with van der Waals surface area (Å²) in [6, 6.07) is 8.26. The molecule has 0 fully saturated rings. The summed E-state index contributed by atoms with van der Waals surface area (Å²) >= 11 is 0. The van der Waals surface area contributed by atoms with E-state index in [0.29, 0.717) is 5.56 Å². The Labute approximate surface area is 119 Å². The van der Waals surface area contributed by atoms with E-state index in [1.165, 1.54) is 0 Å². The molecule has 1 rings (SSSR count). The monoisotopic (exact) mass is 298 g/mol. The number of aliphatic carboxylic acids is 3.